The number of hydrogen-bond acceptors (Lipinski definition) is 2. The van der Waals surface area contributed by atoms with Gasteiger partial charge in [-0.25, -0.2) is 0 Å². The van der Waals surface area contributed by atoms with Crippen LogP contribution in [0.5, 0.6) is 11.5 Å². The molecule has 2 nitrogen and oxygen atoms in total. The molecule has 0 aliphatic carbocycles. The van der Waals surface area contributed by atoms with Gasteiger partial charge in [0.2, 0.25) is 0 Å². The molecular formula is C18H22ClNO. The first kappa shape index (κ1) is 15.9. The Labute approximate surface area is 131 Å². The molecule has 1 atom stereocenters. The van der Waals surface area contributed by atoms with Crippen molar-refractivity contribution in [3.05, 3.63) is 58.6 Å². The number of halogens is 1. The van der Waals surface area contributed by atoms with E-state index in [-0.39, 0.29) is 6.04 Å². The smallest absolute Gasteiger partial charge is 0.149 e. The summed E-state index contributed by atoms with van der Waals surface area (Å²) in [4.78, 5) is 0. The van der Waals surface area contributed by atoms with Crippen molar-refractivity contribution in [2.24, 2.45) is 5.73 Å². The summed E-state index contributed by atoms with van der Waals surface area (Å²) in [7, 11) is 0. The monoisotopic (exact) mass is 303 g/mol. The van der Waals surface area contributed by atoms with E-state index in [0.29, 0.717) is 16.7 Å². The number of ether oxygens (including phenoxy) is 1. The third-order valence-electron chi connectivity index (χ3n) is 3.34. The van der Waals surface area contributed by atoms with Crippen molar-refractivity contribution >= 4 is 11.6 Å². The van der Waals surface area contributed by atoms with Gasteiger partial charge in [-0.3, -0.25) is 0 Å². The maximum Gasteiger partial charge on any atom is 0.149 e. The van der Waals surface area contributed by atoms with Crippen LogP contribution in [0, 0.1) is 0 Å². The number of benzene rings is 2. The van der Waals surface area contributed by atoms with Gasteiger partial charge in [0, 0.05) is 6.04 Å². The van der Waals surface area contributed by atoms with Gasteiger partial charge in [0.15, 0.2) is 0 Å². The first-order valence-corrected chi connectivity index (χ1v) is 7.66. The third kappa shape index (κ3) is 3.99. The molecule has 2 aromatic rings. The quantitative estimate of drug-likeness (QED) is 0.829. The molecule has 0 saturated heterocycles. The molecule has 2 N–H and O–H groups in total. The van der Waals surface area contributed by atoms with E-state index in [2.05, 4.69) is 19.9 Å². The SMILES string of the molecule is CC(N)Cc1cccc(Cl)c1Oc1ccccc1C(C)C. The fourth-order valence-electron chi connectivity index (χ4n) is 2.34. The first-order valence-electron chi connectivity index (χ1n) is 7.28. The molecule has 3 heteroatoms. The predicted octanol–water partition coefficient (Wildman–Crippen LogP) is 5.15. The summed E-state index contributed by atoms with van der Waals surface area (Å²) in [6.45, 7) is 6.28. The predicted molar refractivity (Wildman–Crippen MR) is 89.4 cm³/mol. The lowest BCUT2D eigenvalue weighted by molar-refractivity contribution is 0.465. The lowest BCUT2D eigenvalue weighted by atomic mass is 10.0. The Morgan fingerprint density at radius 3 is 2.43 bits per heavy atom. The maximum absolute atomic E-state index is 6.33. The van der Waals surface area contributed by atoms with E-state index in [1.165, 1.54) is 5.56 Å². The lowest BCUT2D eigenvalue weighted by Gasteiger charge is -2.17. The highest BCUT2D eigenvalue weighted by Crippen LogP contribution is 2.36. The second kappa shape index (κ2) is 6.97. The van der Waals surface area contributed by atoms with Gasteiger partial charge >= 0.3 is 0 Å². The van der Waals surface area contributed by atoms with Gasteiger partial charge in [0.25, 0.3) is 0 Å². The fourth-order valence-corrected chi connectivity index (χ4v) is 2.57. The summed E-state index contributed by atoms with van der Waals surface area (Å²) < 4.78 is 6.15. The van der Waals surface area contributed by atoms with E-state index in [1.807, 2.05) is 43.3 Å². The summed E-state index contributed by atoms with van der Waals surface area (Å²) in [5.74, 6) is 1.96. The zero-order valence-corrected chi connectivity index (χ0v) is 13.5. The molecular weight excluding hydrogens is 282 g/mol. The minimum absolute atomic E-state index is 0.0613. The zero-order chi connectivity index (χ0) is 15.4. The maximum atomic E-state index is 6.33. The Balaban J connectivity index is 2.40. The Morgan fingerprint density at radius 1 is 1.05 bits per heavy atom. The lowest BCUT2D eigenvalue weighted by Crippen LogP contribution is -2.18. The van der Waals surface area contributed by atoms with Crippen LogP contribution in [0.15, 0.2) is 42.5 Å². The van der Waals surface area contributed by atoms with Gasteiger partial charge in [-0.1, -0.05) is 55.8 Å². The second-order valence-corrected chi connectivity index (χ2v) is 6.11. The van der Waals surface area contributed by atoms with Crippen LogP contribution in [-0.4, -0.2) is 6.04 Å². The van der Waals surface area contributed by atoms with Crippen LogP contribution in [0.2, 0.25) is 5.02 Å². The Kier molecular flexibility index (Phi) is 5.27. The van der Waals surface area contributed by atoms with Crippen LogP contribution in [0.3, 0.4) is 0 Å². The highest BCUT2D eigenvalue weighted by atomic mass is 35.5. The van der Waals surface area contributed by atoms with Gasteiger partial charge in [0.05, 0.1) is 5.02 Å². The van der Waals surface area contributed by atoms with Crippen LogP contribution >= 0.6 is 11.6 Å². The molecule has 2 rings (SSSR count). The number of hydrogen-bond donors (Lipinski definition) is 1. The van der Waals surface area contributed by atoms with E-state index in [1.54, 1.807) is 0 Å². The van der Waals surface area contributed by atoms with E-state index in [4.69, 9.17) is 22.1 Å². The van der Waals surface area contributed by atoms with Crippen molar-refractivity contribution < 1.29 is 4.74 Å². The molecule has 0 aliphatic rings. The highest BCUT2D eigenvalue weighted by Gasteiger charge is 2.14. The normalized spacial score (nSPS) is 12.5. The van der Waals surface area contributed by atoms with E-state index < -0.39 is 0 Å². The topological polar surface area (TPSA) is 35.2 Å². The molecule has 0 amide bonds. The largest absolute Gasteiger partial charge is 0.455 e. The van der Waals surface area contributed by atoms with Gasteiger partial charge in [-0.15, -0.1) is 0 Å². The summed E-state index contributed by atoms with van der Waals surface area (Å²) in [5.41, 5.74) is 8.12. The number of nitrogens with two attached hydrogens (primary N) is 1. The van der Waals surface area contributed by atoms with Crippen molar-refractivity contribution in [3.8, 4) is 11.5 Å². The summed E-state index contributed by atoms with van der Waals surface area (Å²) in [6, 6.07) is 13.9. The fraction of sp³-hybridized carbons (Fsp3) is 0.333. The molecule has 112 valence electrons. The van der Waals surface area contributed by atoms with Crippen molar-refractivity contribution in [1.82, 2.24) is 0 Å². The molecule has 21 heavy (non-hydrogen) atoms. The average molecular weight is 304 g/mol. The van der Waals surface area contributed by atoms with Crippen LogP contribution in [0.25, 0.3) is 0 Å². The summed E-state index contributed by atoms with van der Waals surface area (Å²) in [6.07, 6.45) is 0.736. The molecule has 0 bridgehead atoms. The second-order valence-electron chi connectivity index (χ2n) is 5.70. The molecule has 0 heterocycles. The van der Waals surface area contributed by atoms with Crippen LogP contribution in [0.4, 0.5) is 0 Å². The Hall–Kier alpha value is -1.51. The van der Waals surface area contributed by atoms with Crippen molar-refractivity contribution in [2.45, 2.75) is 39.2 Å². The Morgan fingerprint density at radius 2 is 1.76 bits per heavy atom. The van der Waals surface area contributed by atoms with Gasteiger partial charge in [0.1, 0.15) is 11.5 Å². The van der Waals surface area contributed by atoms with Crippen LogP contribution in [-0.2, 0) is 6.42 Å². The van der Waals surface area contributed by atoms with Gasteiger partial charge in [-0.2, -0.15) is 0 Å². The summed E-state index contributed by atoms with van der Waals surface area (Å²) in [5, 5.41) is 0.617. The molecule has 2 aromatic carbocycles. The molecule has 0 aromatic heterocycles. The average Bonchev–Trinajstić information content (AvgIpc) is 2.42. The van der Waals surface area contributed by atoms with Crippen LogP contribution < -0.4 is 10.5 Å². The van der Waals surface area contributed by atoms with Crippen molar-refractivity contribution in [1.29, 1.82) is 0 Å². The van der Waals surface area contributed by atoms with Gasteiger partial charge < -0.3 is 10.5 Å². The van der Waals surface area contributed by atoms with E-state index in [0.717, 1.165) is 17.7 Å². The molecule has 0 spiro atoms. The van der Waals surface area contributed by atoms with Crippen molar-refractivity contribution in [3.63, 3.8) is 0 Å². The van der Waals surface area contributed by atoms with E-state index >= 15 is 0 Å². The van der Waals surface area contributed by atoms with Gasteiger partial charge in [-0.05, 0) is 42.5 Å². The first-order chi connectivity index (χ1) is 9.99. The molecule has 0 saturated carbocycles. The summed E-state index contributed by atoms with van der Waals surface area (Å²) >= 11 is 6.33. The minimum atomic E-state index is 0.0613. The molecule has 0 aliphatic heterocycles. The zero-order valence-electron chi connectivity index (χ0n) is 12.8. The Bertz CT molecular complexity index is 608. The number of rotatable bonds is 5. The highest BCUT2D eigenvalue weighted by molar-refractivity contribution is 6.32. The molecule has 0 fully saturated rings. The van der Waals surface area contributed by atoms with Crippen LogP contribution in [0.1, 0.15) is 37.8 Å². The number of para-hydroxylation sites is 2. The standard InChI is InChI=1S/C18H22ClNO/c1-12(2)15-8-4-5-10-17(15)21-18-14(11-13(3)20)7-6-9-16(18)19/h4-10,12-13H,11,20H2,1-3H3. The van der Waals surface area contributed by atoms with E-state index in [9.17, 15) is 0 Å². The molecule has 1 unspecified atom stereocenters. The third-order valence-corrected chi connectivity index (χ3v) is 3.64. The minimum Gasteiger partial charge on any atom is -0.455 e. The molecule has 0 radical (unpaired) electrons. The van der Waals surface area contributed by atoms with Crippen molar-refractivity contribution in [2.75, 3.05) is 0 Å².